The highest BCUT2D eigenvalue weighted by Crippen LogP contribution is 2.29. The number of hydrogen-bond donors (Lipinski definition) is 3. The topological polar surface area (TPSA) is 78.8 Å². The predicted octanol–water partition coefficient (Wildman–Crippen LogP) is 3.24. The highest BCUT2D eigenvalue weighted by Gasteiger charge is 2.08. The molecule has 0 fully saturated rings. The fourth-order valence-corrected chi connectivity index (χ4v) is 3.09. The van der Waals surface area contributed by atoms with E-state index in [4.69, 9.17) is 4.74 Å². The minimum Gasteiger partial charge on any atom is -0.504 e. The van der Waals surface area contributed by atoms with Gasteiger partial charge in [0.2, 0.25) is 0 Å². The smallest absolute Gasteiger partial charge is 0.191 e. The quantitative estimate of drug-likeness (QED) is 0.521. The summed E-state index contributed by atoms with van der Waals surface area (Å²) in [6, 6.07) is 5.40. The van der Waals surface area contributed by atoms with Crippen LogP contribution in [0.5, 0.6) is 11.5 Å². The third-order valence-corrected chi connectivity index (χ3v) is 4.49. The monoisotopic (exact) mass is 362 g/mol. The molecule has 0 bridgehead atoms. The molecule has 2 rings (SSSR count). The Labute approximate surface area is 153 Å². The fourth-order valence-electron chi connectivity index (χ4n) is 2.20. The van der Waals surface area contributed by atoms with Crippen molar-refractivity contribution in [3.05, 3.63) is 39.8 Å². The van der Waals surface area contributed by atoms with Crippen LogP contribution in [0, 0.1) is 0 Å². The molecule has 0 amide bonds. The number of hydrogen-bond acceptors (Lipinski definition) is 5. The summed E-state index contributed by atoms with van der Waals surface area (Å²) in [4.78, 5) is 9.15. The van der Waals surface area contributed by atoms with Gasteiger partial charge in [-0.2, -0.15) is 0 Å². The largest absolute Gasteiger partial charge is 0.504 e. The minimum atomic E-state index is 0.131. The minimum absolute atomic E-state index is 0.131. The van der Waals surface area contributed by atoms with Crippen molar-refractivity contribution in [1.29, 1.82) is 0 Å². The number of ether oxygens (including phenoxy) is 1. The average Bonchev–Trinajstić information content (AvgIpc) is 3.08. The zero-order chi connectivity index (χ0) is 18.2. The molecular weight excluding hydrogens is 336 g/mol. The summed E-state index contributed by atoms with van der Waals surface area (Å²) in [5.74, 6) is 1.70. The van der Waals surface area contributed by atoms with Crippen LogP contribution >= 0.6 is 11.3 Å². The SMILES string of the molecule is CCNC(=NCc1cccc(OC)c1O)NCc1nc(C(C)C)cs1. The summed E-state index contributed by atoms with van der Waals surface area (Å²) in [6.45, 7) is 8.02. The van der Waals surface area contributed by atoms with Gasteiger partial charge >= 0.3 is 0 Å². The van der Waals surface area contributed by atoms with Crippen molar-refractivity contribution >= 4 is 17.3 Å². The molecule has 0 aliphatic rings. The lowest BCUT2D eigenvalue weighted by atomic mass is 10.2. The Bertz CT molecular complexity index is 713. The number of phenols is 1. The first-order valence-electron chi connectivity index (χ1n) is 8.36. The first-order valence-corrected chi connectivity index (χ1v) is 9.24. The maximum Gasteiger partial charge on any atom is 0.191 e. The van der Waals surface area contributed by atoms with Crippen molar-refractivity contribution in [3.63, 3.8) is 0 Å². The number of nitrogens with one attached hydrogen (secondary N) is 2. The number of aromatic nitrogens is 1. The Kier molecular flexibility index (Phi) is 7.06. The van der Waals surface area contributed by atoms with Crippen molar-refractivity contribution in [2.24, 2.45) is 4.99 Å². The number of methoxy groups -OCH3 is 1. The van der Waals surface area contributed by atoms with Crippen LogP contribution in [-0.4, -0.2) is 29.7 Å². The first kappa shape index (κ1) is 19.1. The van der Waals surface area contributed by atoms with Gasteiger partial charge in [-0.25, -0.2) is 9.98 Å². The summed E-state index contributed by atoms with van der Waals surface area (Å²) < 4.78 is 5.13. The zero-order valence-corrected chi connectivity index (χ0v) is 16.0. The number of nitrogens with zero attached hydrogens (tertiary/aromatic N) is 2. The molecule has 1 aromatic carbocycles. The van der Waals surface area contributed by atoms with E-state index < -0.39 is 0 Å². The molecule has 1 heterocycles. The van der Waals surface area contributed by atoms with Crippen LogP contribution in [0.2, 0.25) is 0 Å². The molecule has 0 saturated carbocycles. The van der Waals surface area contributed by atoms with Gasteiger partial charge in [0.15, 0.2) is 17.5 Å². The molecule has 2 aromatic rings. The van der Waals surface area contributed by atoms with E-state index in [0.29, 0.717) is 36.3 Å². The van der Waals surface area contributed by atoms with Crippen LogP contribution in [0.3, 0.4) is 0 Å². The number of rotatable bonds is 7. The Morgan fingerprint density at radius 2 is 2.16 bits per heavy atom. The van der Waals surface area contributed by atoms with Gasteiger partial charge in [0.25, 0.3) is 0 Å². The van der Waals surface area contributed by atoms with Gasteiger partial charge in [0.1, 0.15) is 5.01 Å². The Morgan fingerprint density at radius 1 is 1.36 bits per heavy atom. The maximum absolute atomic E-state index is 10.2. The van der Waals surface area contributed by atoms with E-state index in [1.165, 1.54) is 7.11 Å². The normalized spacial score (nSPS) is 11.6. The summed E-state index contributed by atoms with van der Waals surface area (Å²) in [5.41, 5.74) is 1.83. The van der Waals surface area contributed by atoms with Gasteiger partial charge in [0.05, 0.1) is 25.9 Å². The molecule has 0 saturated heterocycles. The first-order chi connectivity index (χ1) is 12.0. The van der Waals surface area contributed by atoms with E-state index in [2.05, 4.69) is 39.8 Å². The van der Waals surface area contributed by atoms with Gasteiger partial charge in [-0.1, -0.05) is 26.0 Å². The molecule has 3 N–H and O–H groups in total. The second kappa shape index (κ2) is 9.27. The van der Waals surface area contributed by atoms with E-state index in [-0.39, 0.29) is 5.75 Å². The molecule has 25 heavy (non-hydrogen) atoms. The molecule has 0 unspecified atom stereocenters. The lowest BCUT2D eigenvalue weighted by Crippen LogP contribution is -2.36. The average molecular weight is 362 g/mol. The number of para-hydroxylation sites is 1. The highest BCUT2D eigenvalue weighted by atomic mass is 32.1. The Balaban J connectivity index is 2.02. The van der Waals surface area contributed by atoms with Crippen molar-refractivity contribution < 1.29 is 9.84 Å². The van der Waals surface area contributed by atoms with Crippen LogP contribution in [0.1, 0.15) is 43.0 Å². The van der Waals surface area contributed by atoms with Crippen LogP contribution in [0.4, 0.5) is 0 Å². The molecule has 0 spiro atoms. The van der Waals surface area contributed by atoms with Crippen LogP contribution in [0.15, 0.2) is 28.6 Å². The number of aliphatic imine (C=N–C) groups is 1. The number of benzene rings is 1. The van der Waals surface area contributed by atoms with E-state index in [1.807, 2.05) is 19.1 Å². The summed E-state index contributed by atoms with van der Waals surface area (Å²) in [6.07, 6.45) is 0. The van der Waals surface area contributed by atoms with Crippen LogP contribution in [0.25, 0.3) is 0 Å². The van der Waals surface area contributed by atoms with E-state index >= 15 is 0 Å². The number of thiazole rings is 1. The van der Waals surface area contributed by atoms with Crippen LogP contribution in [-0.2, 0) is 13.1 Å². The molecule has 136 valence electrons. The summed E-state index contributed by atoms with van der Waals surface area (Å²) in [5, 5.41) is 19.8. The molecule has 0 atom stereocenters. The lowest BCUT2D eigenvalue weighted by Gasteiger charge is -2.11. The maximum atomic E-state index is 10.2. The molecule has 1 aromatic heterocycles. The molecule has 0 aliphatic carbocycles. The Morgan fingerprint density at radius 3 is 2.80 bits per heavy atom. The van der Waals surface area contributed by atoms with Crippen molar-refractivity contribution in [2.45, 2.75) is 39.8 Å². The van der Waals surface area contributed by atoms with E-state index in [9.17, 15) is 5.11 Å². The van der Waals surface area contributed by atoms with Gasteiger partial charge < -0.3 is 20.5 Å². The van der Waals surface area contributed by atoms with Crippen LogP contribution < -0.4 is 15.4 Å². The standard InChI is InChI=1S/C18H26N4O2S/c1-5-19-18(21-10-16-22-14(11-25-16)12(2)3)20-9-13-7-6-8-15(24-4)17(13)23/h6-8,11-12,23H,5,9-10H2,1-4H3,(H2,19,20,21). The van der Waals surface area contributed by atoms with E-state index in [0.717, 1.165) is 17.2 Å². The summed E-state index contributed by atoms with van der Waals surface area (Å²) >= 11 is 1.65. The zero-order valence-electron chi connectivity index (χ0n) is 15.2. The molecule has 7 heteroatoms. The highest BCUT2D eigenvalue weighted by molar-refractivity contribution is 7.09. The third-order valence-electron chi connectivity index (χ3n) is 3.62. The Hall–Kier alpha value is -2.28. The lowest BCUT2D eigenvalue weighted by molar-refractivity contribution is 0.370. The molecule has 6 nitrogen and oxygen atoms in total. The number of aromatic hydroxyl groups is 1. The second-order valence-corrected chi connectivity index (χ2v) is 6.78. The van der Waals surface area contributed by atoms with Crippen molar-refractivity contribution in [1.82, 2.24) is 15.6 Å². The summed E-state index contributed by atoms with van der Waals surface area (Å²) in [7, 11) is 1.53. The molecule has 0 radical (unpaired) electrons. The fraction of sp³-hybridized carbons (Fsp3) is 0.444. The van der Waals surface area contributed by atoms with Gasteiger partial charge in [-0.05, 0) is 18.9 Å². The number of phenolic OH excluding ortho intramolecular Hbond substituents is 1. The van der Waals surface area contributed by atoms with Gasteiger partial charge in [-0.15, -0.1) is 11.3 Å². The van der Waals surface area contributed by atoms with Crippen molar-refractivity contribution in [2.75, 3.05) is 13.7 Å². The van der Waals surface area contributed by atoms with Gasteiger partial charge in [0, 0.05) is 17.5 Å². The van der Waals surface area contributed by atoms with E-state index in [1.54, 1.807) is 17.4 Å². The van der Waals surface area contributed by atoms with Crippen molar-refractivity contribution in [3.8, 4) is 11.5 Å². The van der Waals surface area contributed by atoms with Gasteiger partial charge in [-0.3, -0.25) is 0 Å². The molecular formula is C18H26N4O2S. The molecule has 0 aliphatic heterocycles. The second-order valence-electron chi connectivity index (χ2n) is 5.84. The third kappa shape index (κ3) is 5.35. The predicted molar refractivity (Wildman–Crippen MR) is 103 cm³/mol. The number of guanidine groups is 1.